The van der Waals surface area contributed by atoms with Crippen LogP contribution < -0.4 is 0 Å². The molecule has 0 saturated heterocycles. The third-order valence-corrected chi connectivity index (χ3v) is 4.43. The number of nitrogens with zero attached hydrogens (tertiary/aromatic N) is 1. The summed E-state index contributed by atoms with van der Waals surface area (Å²) < 4.78 is 0. The summed E-state index contributed by atoms with van der Waals surface area (Å²) in [6, 6.07) is 10.6. The summed E-state index contributed by atoms with van der Waals surface area (Å²) in [5.41, 5.74) is 1.62. The lowest BCUT2D eigenvalue weighted by Gasteiger charge is -2.35. The van der Waals surface area contributed by atoms with E-state index in [0.29, 0.717) is 5.92 Å². The Bertz CT molecular complexity index is 463. The Hall–Kier alpha value is -1.33. The zero-order valence-electron chi connectivity index (χ0n) is 12.6. The second-order valence-corrected chi connectivity index (χ2v) is 6.57. The first-order valence-electron chi connectivity index (χ1n) is 7.75. The lowest BCUT2D eigenvalue weighted by atomic mass is 9.69. The van der Waals surface area contributed by atoms with Crippen molar-refractivity contribution in [3.05, 3.63) is 35.4 Å². The summed E-state index contributed by atoms with van der Waals surface area (Å²) in [7, 11) is 0. The number of aliphatic hydroxyl groups excluding tert-OH is 1. The lowest BCUT2D eigenvalue weighted by Crippen LogP contribution is -2.30. The fourth-order valence-electron chi connectivity index (χ4n) is 3.26. The maximum Gasteiger partial charge on any atom is 0.0976 e. The first-order valence-corrected chi connectivity index (χ1v) is 7.75. The van der Waals surface area contributed by atoms with E-state index in [1.54, 1.807) is 0 Å². The zero-order valence-corrected chi connectivity index (χ0v) is 12.6. The maximum absolute atomic E-state index is 10.6. The number of aliphatic hydroxyl groups is 1. The van der Waals surface area contributed by atoms with Crippen molar-refractivity contribution in [3.8, 4) is 6.07 Å². The topological polar surface area (TPSA) is 44.0 Å². The fraction of sp³-hybridized carbons (Fsp3) is 0.611. The van der Waals surface area contributed by atoms with Crippen LogP contribution in [0.5, 0.6) is 0 Å². The molecule has 2 nitrogen and oxygen atoms in total. The number of hydrogen-bond acceptors (Lipinski definition) is 2. The smallest absolute Gasteiger partial charge is 0.0976 e. The highest BCUT2D eigenvalue weighted by atomic mass is 16.3. The molecule has 0 aliphatic heterocycles. The second kappa shape index (κ2) is 6.41. The minimum atomic E-state index is -0.652. The summed E-state index contributed by atoms with van der Waals surface area (Å²) in [5, 5.41) is 20.2. The molecule has 1 fully saturated rings. The third kappa shape index (κ3) is 3.22. The van der Waals surface area contributed by atoms with Crippen LogP contribution in [0, 0.1) is 22.7 Å². The summed E-state index contributed by atoms with van der Waals surface area (Å²) in [4.78, 5) is 0. The van der Waals surface area contributed by atoms with E-state index in [2.05, 4.69) is 32.0 Å². The average Bonchev–Trinajstić information content (AvgIpc) is 2.47. The molecule has 0 heterocycles. The van der Waals surface area contributed by atoms with Crippen molar-refractivity contribution < 1.29 is 5.11 Å². The molecular formula is C18H25NO. The quantitative estimate of drug-likeness (QED) is 0.882. The Labute approximate surface area is 122 Å². The van der Waals surface area contributed by atoms with Crippen LogP contribution in [-0.4, -0.2) is 5.11 Å². The largest absolute Gasteiger partial charge is 0.387 e. The molecule has 0 amide bonds. The summed E-state index contributed by atoms with van der Waals surface area (Å²) >= 11 is 0. The Balaban J connectivity index is 2.15. The van der Waals surface area contributed by atoms with Crippen LogP contribution >= 0.6 is 0 Å². The van der Waals surface area contributed by atoms with Gasteiger partial charge in [0, 0.05) is 0 Å². The fourth-order valence-corrected chi connectivity index (χ4v) is 3.26. The van der Waals surface area contributed by atoms with Crippen LogP contribution in [0.25, 0.3) is 0 Å². The highest BCUT2D eigenvalue weighted by Crippen LogP contribution is 2.45. The molecule has 1 aromatic carbocycles. The van der Waals surface area contributed by atoms with E-state index in [4.69, 9.17) is 0 Å². The molecule has 1 unspecified atom stereocenters. The van der Waals surface area contributed by atoms with Crippen molar-refractivity contribution in [2.45, 2.75) is 58.5 Å². The summed E-state index contributed by atoms with van der Waals surface area (Å²) in [5.74, 6) is 0.634. The van der Waals surface area contributed by atoms with Crippen LogP contribution in [0.3, 0.4) is 0 Å². The average molecular weight is 271 g/mol. The van der Waals surface area contributed by atoms with Crippen molar-refractivity contribution in [1.29, 1.82) is 5.26 Å². The van der Waals surface area contributed by atoms with Gasteiger partial charge in [0.1, 0.15) is 0 Å². The van der Waals surface area contributed by atoms with E-state index in [0.717, 1.165) is 37.7 Å². The number of nitriles is 1. The van der Waals surface area contributed by atoms with Crippen molar-refractivity contribution in [1.82, 2.24) is 0 Å². The van der Waals surface area contributed by atoms with Gasteiger partial charge in [-0.3, -0.25) is 0 Å². The Morgan fingerprint density at radius 2 is 1.75 bits per heavy atom. The summed E-state index contributed by atoms with van der Waals surface area (Å²) in [6.45, 7) is 4.41. The molecular weight excluding hydrogens is 246 g/mol. The van der Waals surface area contributed by atoms with Gasteiger partial charge in [-0.1, -0.05) is 57.4 Å². The lowest BCUT2D eigenvalue weighted by molar-refractivity contribution is 0.0360. The molecule has 108 valence electrons. The van der Waals surface area contributed by atoms with Crippen molar-refractivity contribution in [2.24, 2.45) is 11.3 Å². The molecule has 1 atom stereocenters. The molecule has 1 aromatic rings. The predicted molar refractivity (Wildman–Crippen MR) is 81.1 cm³/mol. The molecule has 1 aliphatic carbocycles. The van der Waals surface area contributed by atoms with Crippen LogP contribution in [-0.2, 0) is 6.42 Å². The van der Waals surface area contributed by atoms with Gasteiger partial charge in [0.25, 0.3) is 0 Å². The normalized spacial score (nSPS) is 19.6. The van der Waals surface area contributed by atoms with Gasteiger partial charge in [-0.2, -0.15) is 5.26 Å². The maximum atomic E-state index is 10.6. The highest BCUT2D eigenvalue weighted by molar-refractivity contribution is 5.27. The number of rotatable bonds is 4. The summed E-state index contributed by atoms with van der Waals surface area (Å²) in [6.07, 6.45) is 5.33. The number of hydrogen-bond donors (Lipinski definition) is 1. The Kier molecular flexibility index (Phi) is 4.83. The third-order valence-electron chi connectivity index (χ3n) is 4.43. The molecule has 0 bridgehead atoms. The molecule has 2 rings (SSSR count). The molecule has 1 N–H and O–H groups in total. The van der Waals surface area contributed by atoms with E-state index in [1.807, 2.05) is 12.1 Å². The van der Waals surface area contributed by atoms with Gasteiger partial charge in [-0.25, -0.2) is 0 Å². The Morgan fingerprint density at radius 1 is 1.15 bits per heavy atom. The van der Waals surface area contributed by atoms with Crippen molar-refractivity contribution >= 4 is 0 Å². The number of benzene rings is 1. The van der Waals surface area contributed by atoms with Crippen LogP contribution in [0.15, 0.2) is 24.3 Å². The molecule has 1 aliphatic rings. The SMILES string of the molecule is CC(C)Cc1ccc(C(O)C2(C#N)CCCCC2)cc1. The molecule has 1 saturated carbocycles. The van der Waals surface area contributed by atoms with Gasteiger partial charge in [0.2, 0.25) is 0 Å². The molecule has 0 spiro atoms. The zero-order chi connectivity index (χ0) is 14.6. The van der Waals surface area contributed by atoms with Crippen LogP contribution in [0.1, 0.15) is 63.2 Å². The van der Waals surface area contributed by atoms with Gasteiger partial charge in [0.05, 0.1) is 17.6 Å². The van der Waals surface area contributed by atoms with Gasteiger partial charge < -0.3 is 5.11 Å². The van der Waals surface area contributed by atoms with Crippen LogP contribution in [0.4, 0.5) is 0 Å². The standard InChI is InChI=1S/C18H25NO/c1-14(2)12-15-6-8-16(9-7-15)17(20)18(13-19)10-4-3-5-11-18/h6-9,14,17,20H,3-5,10-12H2,1-2H3. The van der Waals surface area contributed by atoms with Crippen molar-refractivity contribution in [3.63, 3.8) is 0 Å². The molecule has 0 radical (unpaired) electrons. The first kappa shape index (κ1) is 15.1. The van der Waals surface area contributed by atoms with Gasteiger partial charge in [-0.15, -0.1) is 0 Å². The van der Waals surface area contributed by atoms with Gasteiger partial charge in [0.15, 0.2) is 0 Å². The minimum Gasteiger partial charge on any atom is -0.387 e. The minimum absolute atomic E-state index is 0.572. The monoisotopic (exact) mass is 271 g/mol. The molecule has 2 heteroatoms. The van der Waals surface area contributed by atoms with E-state index >= 15 is 0 Å². The first-order chi connectivity index (χ1) is 9.57. The van der Waals surface area contributed by atoms with Crippen LogP contribution in [0.2, 0.25) is 0 Å². The molecule has 0 aromatic heterocycles. The van der Waals surface area contributed by atoms with E-state index in [1.165, 1.54) is 12.0 Å². The van der Waals surface area contributed by atoms with Gasteiger partial charge >= 0.3 is 0 Å². The predicted octanol–water partition coefficient (Wildman–Crippen LogP) is 4.39. The highest BCUT2D eigenvalue weighted by Gasteiger charge is 2.40. The Morgan fingerprint density at radius 3 is 2.25 bits per heavy atom. The second-order valence-electron chi connectivity index (χ2n) is 6.57. The van der Waals surface area contributed by atoms with E-state index in [9.17, 15) is 10.4 Å². The molecule has 20 heavy (non-hydrogen) atoms. The van der Waals surface area contributed by atoms with E-state index < -0.39 is 11.5 Å². The van der Waals surface area contributed by atoms with Gasteiger partial charge in [-0.05, 0) is 36.3 Å². The van der Waals surface area contributed by atoms with E-state index in [-0.39, 0.29) is 0 Å². The van der Waals surface area contributed by atoms with Crippen molar-refractivity contribution in [2.75, 3.05) is 0 Å².